The van der Waals surface area contributed by atoms with Gasteiger partial charge in [-0.1, -0.05) is 0 Å². The zero-order valence-corrected chi connectivity index (χ0v) is 5.41. The highest BCUT2D eigenvalue weighted by Gasteiger charge is 1.94. The Morgan fingerprint density at radius 1 is 1.33 bits per heavy atom. The van der Waals surface area contributed by atoms with E-state index in [9.17, 15) is 0 Å². The van der Waals surface area contributed by atoms with Gasteiger partial charge in [-0.15, -0.1) is 0 Å². The lowest BCUT2D eigenvalue weighted by molar-refractivity contribution is -0.135. The average molecular weight is 136 g/mol. The standard InChI is InChI=1S/C5H12O4/c1-2-8-4-9-3-5(6)7/h5-7H,2-4H2,1H3. The first-order valence-corrected chi connectivity index (χ1v) is 2.79. The van der Waals surface area contributed by atoms with E-state index in [1.165, 1.54) is 0 Å². The Hall–Kier alpha value is -0.160. The van der Waals surface area contributed by atoms with Crippen LogP contribution in [0, 0.1) is 0 Å². The lowest BCUT2D eigenvalue weighted by Gasteiger charge is -2.03. The van der Waals surface area contributed by atoms with Gasteiger partial charge in [-0.25, -0.2) is 0 Å². The molecule has 0 aliphatic rings. The summed E-state index contributed by atoms with van der Waals surface area (Å²) in [4.78, 5) is 0. The lowest BCUT2D eigenvalue weighted by Crippen LogP contribution is -2.15. The number of rotatable bonds is 5. The van der Waals surface area contributed by atoms with Crippen molar-refractivity contribution in [3.8, 4) is 0 Å². The molecule has 0 aromatic rings. The Kier molecular flexibility index (Phi) is 5.86. The summed E-state index contributed by atoms with van der Waals surface area (Å²) in [6.07, 6.45) is -1.40. The van der Waals surface area contributed by atoms with E-state index in [-0.39, 0.29) is 13.4 Å². The van der Waals surface area contributed by atoms with Crippen molar-refractivity contribution >= 4 is 0 Å². The number of hydrogen-bond acceptors (Lipinski definition) is 4. The molecule has 9 heavy (non-hydrogen) atoms. The van der Waals surface area contributed by atoms with Crippen molar-refractivity contribution in [1.82, 2.24) is 0 Å². The normalized spacial score (nSPS) is 10.7. The second-order valence-electron chi connectivity index (χ2n) is 1.46. The van der Waals surface area contributed by atoms with Gasteiger partial charge in [0.25, 0.3) is 0 Å². The summed E-state index contributed by atoms with van der Waals surface area (Å²) in [7, 11) is 0. The van der Waals surface area contributed by atoms with E-state index in [2.05, 4.69) is 4.74 Å². The first-order valence-electron chi connectivity index (χ1n) is 2.79. The Balaban J connectivity index is 2.75. The van der Waals surface area contributed by atoms with Gasteiger partial charge in [0.15, 0.2) is 6.29 Å². The molecule has 0 saturated carbocycles. The molecule has 0 aliphatic carbocycles. The molecule has 0 radical (unpaired) electrons. The summed E-state index contributed by atoms with van der Waals surface area (Å²) in [5, 5.41) is 16.5. The van der Waals surface area contributed by atoms with Gasteiger partial charge < -0.3 is 19.7 Å². The highest BCUT2D eigenvalue weighted by Crippen LogP contribution is 1.80. The summed E-state index contributed by atoms with van der Waals surface area (Å²) < 4.78 is 9.35. The summed E-state index contributed by atoms with van der Waals surface area (Å²) >= 11 is 0. The zero-order valence-electron chi connectivity index (χ0n) is 5.41. The Labute approximate surface area is 54.0 Å². The van der Waals surface area contributed by atoms with Crippen molar-refractivity contribution in [2.24, 2.45) is 0 Å². The van der Waals surface area contributed by atoms with E-state index in [1.807, 2.05) is 6.92 Å². The smallest absolute Gasteiger partial charge is 0.175 e. The molecule has 2 N–H and O–H groups in total. The summed E-state index contributed by atoms with van der Waals surface area (Å²) in [6.45, 7) is 2.42. The van der Waals surface area contributed by atoms with Crippen LogP contribution in [-0.2, 0) is 9.47 Å². The zero-order chi connectivity index (χ0) is 7.11. The molecule has 0 unspecified atom stereocenters. The first kappa shape index (κ1) is 8.84. The highest BCUT2D eigenvalue weighted by atomic mass is 16.7. The summed E-state index contributed by atoms with van der Waals surface area (Å²) in [6, 6.07) is 0. The Bertz CT molecular complexity index is 54.9. The molecule has 0 spiro atoms. The monoisotopic (exact) mass is 136 g/mol. The Morgan fingerprint density at radius 2 is 2.00 bits per heavy atom. The molecular formula is C5H12O4. The van der Waals surface area contributed by atoms with Crippen LogP contribution in [-0.4, -0.2) is 36.5 Å². The molecule has 0 aromatic heterocycles. The molecular weight excluding hydrogens is 124 g/mol. The maximum atomic E-state index is 8.23. The maximum Gasteiger partial charge on any atom is 0.175 e. The van der Waals surface area contributed by atoms with Gasteiger partial charge in [-0.3, -0.25) is 0 Å². The predicted octanol–water partition coefficient (Wildman–Crippen LogP) is -0.692. The van der Waals surface area contributed by atoms with Gasteiger partial charge in [0, 0.05) is 6.61 Å². The van der Waals surface area contributed by atoms with E-state index < -0.39 is 6.29 Å². The average Bonchev–Trinajstić information content (AvgIpc) is 1.80. The second-order valence-corrected chi connectivity index (χ2v) is 1.46. The summed E-state index contributed by atoms with van der Waals surface area (Å²) in [5.41, 5.74) is 0. The number of hydrogen-bond donors (Lipinski definition) is 2. The first-order chi connectivity index (χ1) is 4.27. The van der Waals surface area contributed by atoms with Crippen molar-refractivity contribution in [3.05, 3.63) is 0 Å². The van der Waals surface area contributed by atoms with Crippen LogP contribution in [0.5, 0.6) is 0 Å². The van der Waals surface area contributed by atoms with E-state index in [4.69, 9.17) is 14.9 Å². The van der Waals surface area contributed by atoms with Gasteiger partial charge in [-0.05, 0) is 6.92 Å². The molecule has 0 amide bonds. The molecule has 0 saturated heterocycles. The summed E-state index contributed by atoms with van der Waals surface area (Å²) in [5.74, 6) is 0. The predicted molar refractivity (Wildman–Crippen MR) is 30.7 cm³/mol. The molecule has 56 valence electrons. The van der Waals surface area contributed by atoms with E-state index >= 15 is 0 Å². The van der Waals surface area contributed by atoms with Crippen molar-refractivity contribution < 1.29 is 19.7 Å². The van der Waals surface area contributed by atoms with Crippen LogP contribution in [0.1, 0.15) is 6.92 Å². The van der Waals surface area contributed by atoms with Crippen LogP contribution in [0.3, 0.4) is 0 Å². The Morgan fingerprint density at radius 3 is 2.44 bits per heavy atom. The van der Waals surface area contributed by atoms with Gasteiger partial charge >= 0.3 is 0 Å². The highest BCUT2D eigenvalue weighted by molar-refractivity contribution is 4.26. The number of ether oxygens (including phenoxy) is 2. The molecule has 0 heterocycles. The van der Waals surface area contributed by atoms with Crippen LogP contribution >= 0.6 is 0 Å². The van der Waals surface area contributed by atoms with Gasteiger partial charge in [0.05, 0.1) is 0 Å². The minimum atomic E-state index is -1.40. The number of aliphatic hydroxyl groups excluding tert-OH is 1. The van der Waals surface area contributed by atoms with Crippen LogP contribution in [0.2, 0.25) is 0 Å². The topological polar surface area (TPSA) is 58.9 Å². The van der Waals surface area contributed by atoms with Crippen molar-refractivity contribution in [3.63, 3.8) is 0 Å². The SMILES string of the molecule is CCOCOCC(O)O. The molecule has 0 fully saturated rings. The third kappa shape index (κ3) is 7.84. The third-order valence-corrected chi connectivity index (χ3v) is 0.638. The molecule has 4 heteroatoms. The molecule has 0 atom stereocenters. The molecule has 4 nitrogen and oxygen atoms in total. The van der Waals surface area contributed by atoms with Crippen molar-refractivity contribution in [1.29, 1.82) is 0 Å². The molecule has 0 rings (SSSR count). The third-order valence-electron chi connectivity index (χ3n) is 0.638. The van der Waals surface area contributed by atoms with Crippen LogP contribution in [0.25, 0.3) is 0 Å². The van der Waals surface area contributed by atoms with Crippen LogP contribution in [0.15, 0.2) is 0 Å². The minimum absolute atomic E-state index is 0.0972. The second kappa shape index (κ2) is 5.97. The van der Waals surface area contributed by atoms with Gasteiger partial charge in [0.1, 0.15) is 13.4 Å². The van der Waals surface area contributed by atoms with Crippen molar-refractivity contribution in [2.75, 3.05) is 20.0 Å². The lowest BCUT2D eigenvalue weighted by atomic mass is 10.7. The molecule has 0 aliphatic heterocycles. The van der Waals surface area contributed by atoms with Crippen molar-refractivity contribution in [2.45, 2.75) is 13.2 Å². The van der Waals surface area contributed by atoms with E-state index in [1.54, 1.807) is 0 Å². The maximum absolute atomic E-state index is 8.23. The van der Waals surface area contributed by atoms with Gasteiger partial charge in [-0.2, -0.15) is 0 Å². The quantitative estimate of drug-likeness (QED) is 0.388. The fourth-order valence-electron chi connectivity index (χ4n) is 0.296. The molecule has 0 bridgehead atoms. The minimum Gasteiger partial charge on any atom is -0.366 e. The largest absolute Gasteiger partial charge is 0.366 e. The fraction of sp³-hybridized carbons (Fsp3) is 1.00. The molecule has 0 aromatic carbocycles. The number of aliphatic hydroxyl groups is 2. The van der Waals surface area contributed by atoms with E-state index in [0.717, 1.165) is 0 Å². The van der Waals surface area contributed by atoms with Crippen LogP contribution in [0.4, 0.5) is 0 Å². The van der Waals surface area contributed by atoms with Crippen LogP contribution < -0.4 is 0 Å². The fourth-order valence-corrected chi connectivity index (χ4v) is 0.296. The van der Waals surface area contributed by atoms with E-state index in [0.29, 0.717) is 6.61 Å². The van der Waals surface area contributed by atoms with Gasteiger partial charge in [0.2, 0.25) is 0 Å².